The van der Waals surface area contributed by atoms with Crippen LogP contribution in [0.3, 0.4) is 0 Å². The second-order valence-corrected chi connectivity index (χ2v) is 9.80. The second kappa shape index (κ2) is 9.41. The highest BCUT2D eigenvalue weighted by atomic mass is 32.2. The van der Waals surface area contributed by atoms with E-state index in [1.165, 1.54) is 40.4 Å². The van der Waals surface area contributed by atoms with Crippen molar-refractivity contribution >= 4 is 21.6 Å². The monoisotopic (exact) mass is 489 g/mol. The summed E-state index contributed by atoms with van der Waals surface area (Å²) in [4.78, 5) is 37.7. The maximum Gasteiger partial charge on any atom is 0.331 e. The number of aromatic nitrogens is 2. The fraction of sp³-hybridized carbons (Fsp3) is 0.429. The molecule has 0 atom stereocenters. The van der Waals surface area contributed by atoms with Crippen LogP contribution < -0.4 is 21.3 Å². The van der Waals surface area contributed by atoms with E-state index in [1.54, 1.807) is 6.07 Å². The van der Waals surface area contributed by atoms with Crippen LogP contribution in [0.15, 0.2) is 38.9 Å². The summed E-state index contributed by atoms with van der Waals surface area (Å²) in [5, 5.41) is 11.8. The number of benzene rings is 1. The van der Waals surface area contributed by atoms with E-state index in [1.807, 2.05) is 0 Å². The number of hydrogen-bond donors (Lipinski definition) is 1. The lowest BCUT2D eigenvalue weighted by Gasteiger charge is -2.26. The van der Waals surface area contributed by atoms with E-state index in [0.29, 0.717) is 4.57 Å². The number of nitriles is 1. The number of nitrogens with zero attached hydrogens (tertiary/aromatic N) is 4. The van der Waals surface area contributed by atoms with Crippen LogP contribution >= 0.6 is 0 Å². The van der Waals surface area contributed by atoms with Crippen LogP contribution in [-0.4, -0.2) is 61.2 Å². The highest BCUT2D eigenvalue weighted by molar-refractivity contribution is 7.89. The smallest absolute Gasteiger partial charge is 0.331 e. The van der Waals surface area contributed by atoms with Gasteiger partial charge in [0.2, 0.25) is 15.9 Å². The Morgan fingerprint density at radius 1 is 1.26 bits per heavy atom. The molecule has 0 unspecified atom stereocenters. The highest BCUT2D eigenvalue weighted by Gasteiger charge is 2.30. The molecule has 0 spiro atoms. The third-order valence-corrected chi connectivity index (χ3v) is 7.51. The van der Waals surface area contributed by atoms with Gasteiger partial charge in [-0.3, -0.25) is 14.2 Å². The van der Waals surface area contributed by atoms with Crippen LogP contribution in [0.1, 0.15) is 24.4 Å². The Balaban J connectivity index is 1.61. The zero-order valence-electron chi connectivity index (χ0n) is 18.4. The van der Waals surface area contributed by atoms with Crippen molar-refractivity contribution < 1.29 is 22.7 Å². The molecule has 1 saturated carbocycles. The van der Waals surface area contributed by atoms with Gasteiger partial charge in [-0.2, -0.15) is 9.57 Å². The first-order chi connectivity index (χ1) is 16.3. The number of carbonyl (C=O) groups excluding carboxylic acids is 1. The van der Waals surface area contributed by atoms with Gasteiger partial charge >= 0.3 is 5.69 Å². The molecule has 2 heterocycles. The number of sulfonamides is 1. The van der Waals surface area contributed by atoms with Gasteiger partial charge in [0.25, 0.3) is 5.56 Å². The lowest BCUT2D eigenvalue weighted by atomic mass is 10.3. The molecule has 2 aliphatic rings. The SMILES string of the molecule is COc1ccc(NC(=O)Cn2c(=O)c(C#N)cn(C3CC3)c2=O)cc1S(=O)(=O)N1CCOCC1. The average Bonchev–Trinajstić information content (AvgIpc) is 3.68. The Morgan fingerprint density at radius 3 is 2.59 bits per heavy atom. The maximum atomic E-state index is 13.1. The second-order valence-electron chi connectivity index (χ2n) is 7.90. The number of rotatable bonds is 7. The Bertz CT molecular complexity index is 1380. The Labute approximate surface area is 195 Å². The van der Waals surface area contributed by atoms with Crippen LogP contribution in [0.5, 0.6) is 5.75 Å². The van der Waals surface area contributed by atoms with Crippen molar-refractivity contribution in [3.05, 3.63) is 50.8 Å². The first-order valence-electron chi connectivity index (χ1n) is 10.6. The van der Waals surface area contributed by atoms with E-state index in [-0.39, 0.29) is 54.2 Å². The molecule has 1 saturated heterocycles. The molecule has 1 N–H and O–H groups in total. The zero-order valence-corrected chi connectivity index (χ0v) is 19.2. The van der Waals surface area contributed by atoms with E-state index in [2.05, 4.69) is 5.32 Å². The maximum absolute atomic E-state index is 13.1. The van der Waals surface area contributed by atoms with Crippen molar-refractivity contribution in [2.75, 3.05) is 38.7 Å². The molecular weight excluding hydrogens is 466 g/mol. The van der Waals surface area contributed by atoms with E-state index < -0.39 is 33.7 Å². The van der Waals surface area contributed by atoms with Crippen molar-refractivity contribution in [2.45, 2.75) is 30.3 Å². The summed E-state index contributed by atoms with van der Waals surface area (Å²) < 4.78 is 39.9. The van der Waals surface area contributed by atoms with Gasteiger partial charge in [0.15, 0.2) is 0 Å². The fourth-order valence-corrected chi connectivity index (χ4v) is 5.27. The van der Waals surface area contributed by atoms with Gasteiger partial charge in [-0.25, -0.2) is 17.8 Å². The predicted molar refractivity (Wildman–Crippen MR) is 119 cm³/mol. The number of carbonyl (C=O) groups is 1. The number of anilines is 1. The number of nitrogens with one attached hydrogen (secondary N) is 1. The molecule has 1 aromatic heterocycles. The van der Waals surface area contributed by atoms with Crippen LogP contribution in [0.2, 0.25) is 0 Å². The summed E-state index contributed by atoms with van der Waals surface area (Å²) in [6.45, 7) is 0.290. The van der Waals surface area contributed by atoms with Crippen LogP contribution in [-0.2, 0) is 26.1 Å². The summed E-state index contributed by atoms with van der Waals surface area (Å²) in [5.74, 6) is -0.619. The molecule has 1 aliphatic carbocycles. The van der Waals surface area contributed by atoms with E-state index in [4.69, 9.17) is 9.47 Å². The summed E-state index contributed by atoms with van der Waals surface area (Å²) in [6, 6.07) is 5.79. The summed E-state index contributed by atoms with van der Waals surface area (Å²) in [6.07, 6.45) is 2.73. The van der Waals surface area contributed by atoms with Gasteiger partial charge < -0.3 is 14.8 Å². The predicted octanol–water partition coefficient (Wildman–Crippen LogP) is -0.115. The lowest BCUT2D eigenvalue weighted by molar-refractivity contribution is -0.116. The van der Waals surface area contributed by atoms with Gasteiger partial charge in [0, 0.05) is 31.0 Å². The fourth-order valence-electron chi connectivity index (χ4n) is 3.68. The quantitative estimate of drug-likeness (QED) is 0.565. The van der Waals surface area contributed by atoms with Crippen LogP contribution in [0.25, 0.3) is 0 Å². The summed E-state index contributed by atoms with van der Waals surface area (Å²) >= 11 is 0. The molecule has 2 fully saturated rings. The molecule has 4 rings (SSSR count). The van der Waals surface area contributed by atoms with Gasteiger partial charge in [-0.05, 0) is 31.0 Å². The molecule has 1 aromatic carbocycles. The number of amides is 1. The van der Waals surface area contributed by atoms with E-state index >= 15 is 0 Å². The standard InChI is InChI=1S/C21H23N5O7S/c1-32-17-5-2-15(10-18(17)34(30,31)24-6-8-33-9-7-24)23-19(27)13-26-20(28)14(11-22)12-25(21(26)29)16-3-4-16/h2,5,10,12,16H,3-4,6-9,13H2,1H3,(H,23,27). The average molecular weight is 490 g/mol. The first kappa shape index (κ1) is 23.7. The van der Waals surface area contributed by atoms with Crippen molar-refractivity contribution in [2.24, 2.45) is 0 Å². The highest BCUT2D eigenvalue weighted by Crippen LogP contribution is 2.33. The van der Waals surface area contributed by atoms with Gasteiger partial charge in [-0.15, -0.1) is 0 Å². The minimum absolute atomic E-state index is 0.0935. The van der Waals surface area contributed by atoms with Gasteiger partial charge in [-0.1, -0.05) is 0 Å². The minimum Gasteiger partial charge on any atom is -0.495 e. The summed E-state index contributed by atoms with van der Waals surface area (Å²) in [7, 11) is -2.58. The lowest BCUT2D eigenvalue weighted by Crippen LogP contribution is -2.43. The molecular formula is C21H23N5O7S. The van der Waals surface area contributed by atoms with Crippen molar-refractivity contribution in [1.82, 2.24) is 13.4 Å². The minimum atomic E-state index is -3.92. The molecule has 1 aliphatic heterocycles. The molecule has 0 radical (unpaired) electrons. The van der Waals surface area contributed by atoms with Gasteiger partial charge in [0.05, 0.1) is 20.3 Å². The number of hydrogen-bond acceptors (Lipinski definition) is 8. The van der Waals surface area contributed by atoms with Crippen molar-refractivity contribution in [3.8, 4) is 11.8 Å². The Kier molecular flexibility index (Phi) is 6.56. The number of morpholine rings is 1. The zero-order chi connectivity index (χ0) is 24.5. The first-order valence-corrected chi connectivity index (χ1v) is 12.0. The normalized spacial score (nSPS) is 16.6. The van der Waals surface area contributed by atoms with E-state index in [9.17, 15) is 28.1 Å². The Hall–Kier alpha value is -3.47. The third-order valence-electron chi connectivity index (χ3n) is 5.59. The molecule has 0 bridgehead atoms. The van der Waals surface area contributed by atoms with Crippen molar-refractivity contribution in [3.63, 3.8) is 0 Å². The topological polar surface area (TPSA) is 153 Å². The molecule has 180 valence electrons. The molecule has 2 aromatic rings. The molecule has 12 nitrogen and oxygen atoms in total. The number of ether oxygens (including phenoxy) is 2. The molecule has 13 heteroatoms. The van der Waals surface area contributed by atoms with E-state index in [0.717, 1.165) is 12.8 Å². The van der Waals surface area contributed by atoms with Crippen LogP contribution in [0.4, 0.5) is 5.69 Å². The number of methoxy groups -OCH3 is 1. The van der Waals surface area contributed by atoms with Crippen molar-refractivity contribution in [1.29, 1.82) is 5.26 Å². The molecule has 34 heavy (non-hydrogen) atoms. The third kappa shape index (κ3) is 4.60. The van der Waals surface area contributed by atoms with Crippen LogP contribution in [0, 0.1) is 11.3 Å². The largest absolute Gasteiger partial charge is 0.495 e. The summed E-state index contributed by atoms with van der Waals surface area (Å²) in [5.41, 5.74) is -1.62. The Morgan fingerprint density at radius 2 is 1.97 bits per heavy atom. The van der Waals surface area contributed by atoms with Gasteiger partial charge in [0.1, 0.15) is 28.8 Å². The molecule has 1 amide bonds.